The molecule has 0 saturated heterocycles. The van der Waals surface area contributed by atoms with E-state index in [9.17, 15) is 14.9 Å². The zero-order chi connectivity index (χ0) is 17.7. The first-order valence-electron chi connectivity index (χ1n) is 6.61. The second kappa shape index (κ2) is 7.51. The van der Waals surface area contributed by atoms with Crippen LogP contribution in [0.4, 0.5) is 5.95 Å². The number of rotatable bonds is 6. The summed E-state index contributed by atoms with van der Waals surface area (Å²) in [7, 11) is 1.44. The summed E-state index contributed by atoms with van der Waals surface area (Å²) >= 11 is 5.87. The fourth-order valence-electron chi connectivity index (χ4n) is 1.78. The Balaban J connectivity index is 2.05. The van der Waals surface area contributed by atoms with E-state index in [1.54, 1.807) is 19.1 Å². The Hall–Kier alpha value is -3.01. The van der Waals surface area contributed by atoms with Gasteiger partial charge in [0.2, 0.25) is 6.33 Å². The number of carbonyl (C=O) groups excluding carboxylic acids is 1. The molecule has 10 nitrogen and oxygen atoms in total. The topological polar surface area (TPSA) is 125 Å². The van der Waals surface area contributed by atoms with Crippen LogP contribution in [0.25, 0.3) is 0 Å². The Morgan fingerprint density at radius 2 is 2.29 bits per heavy atom. The highest BCUT2D eigenvalue weighted by Gasteiger charge is 2.14. The number of methoxy groups -OCH3 is 1. The predicted molar refractivity (Wildman–Crippen MR) is 85.3 cm³/mol. The lowest BCUT2D eigenvalue weighted by atomic mass is 10.2. The third-order valence-corrected chi connectivity index (χ3v) is 3.07. The molecule has 0 saturated carbocycles. The summed E-state index contributed by atoms with van der Waals surface area (Å²) in [5.41, 5.74) is 3.06. The standard InChI is InChI=1S/C13H13ClN6O4/c1-8(6-19-7-15-13(18-19)20(22)23)16-17-12(21)10-5-9(14)3-4-11(10)24-2/h3-5,7H,6H2,1-2H3,(H,17,21)/b16-8-. The maximum Gasteiger partial charge on any atom is 0.490 e. The lowest BCUT2D eigenvalue weighted by Gasteiger charge is -2.07. The van der Waals surface area contributed by atoms with E-state index in [2.05, 4.69) is 20.6 Å². The highest BCUT2D eigenvalue weighted by atomic mass is 35.5. The van der Waals surface area contributed by atoms with Gasteiger partial charge in [0.15, 0.2) is 0 Å². The smallest absolute Gasteiger partial charge is 0.490 e. The number of aromatic nitrogens is 3. The Labute approximate surface area is 141 Å². The molecule has 0 radical (unpaired) electrons. The number of hydrazone groups is 1. The van der Waals surface area contributed by atoms with Crippen molar-refractivity contribution in [3.8, 4) is 5.75 Å². The largest absolute Gasteiger partial charge is 0.496 e. The van der Waals surface area contributed by atoms with Crippen molar-refractivity contribution in [2.75, 3.05) is 7.11 Å². The maximum atomic E-state index is 12.1. The van der Waals surface area contributed by atoms with Gasteiger partial charge in [-0.05, 0) is 30.0 Å². The van der Waals surface area contributed by atoms with Crippen molar-refractivity contribution in [3.05, 3.63) is 45.2 Å². The molecule has 1 amide bonds. The van der Waals surface area contributed by atoms with Crippen LogP contribution in [-0.2, 0) is 6.54 Å². The monoisotopic (exact) mass is 352 g/mol. The summed E-state index contributed by atoms with van der Waals surface area (Å²) in [5.74, 6) is -0.648. The Bertz CT molecular complexity index is 804. The zero-order valence-corrected chi connectivity index (χ0v) is 13.5. The highest BCUT2D eigenvalue weighted by Crippen LogP contribution is 2.22. The summed E-state index contributed by atoms with van der Waals surface area (Å²) in [4.78, 5) is 25.5. The summed E-state index contributed by atoms with van der Waals surface area (Å²) in [6.07, 6.45) is 1.21. The molecule has 2 aromatic rings. The zero-order valence-electron chi connectivity index (χ0n) is 12.8. The van der Waals surface area contributed by atoms with Gasteiger partial charge in [0.1, 0.15) is 5.75 Å². The molecule has 0 aliphatic rings. The van der Waals surface area contributed by atoms with Crippen molar-refractivity contribution >= 4 is 29.2 Å². The fraction of sp³-hybridized carbons (Fsp3) is 0.231. The quantitative estimate of drug-likeness (QED) is 0.478. The Morgan fingerprint density at radius 1 is 1.54 bits per heavy atom. The van der Waals surface area contributed by atoms with Gasteiger partial charge in [0.25, 0.3) is 5.91 Å². The number of amides is 1. The fourth-order valence-corrected chi connectivity index (χ4v) is 1.95. The molecule has 0 aliphatic carbocycles. The number of nitro groups is 1. The van der Waals surface area contributed by atoms with Crippen LogP contribution < -0.4 is 10.2 Å². The molecule has 0 aliphatic heterocycles. The van der Waals surface area contributed by atoms with Crippen LogP contribution in [0.2, 0.25) is 5.02 Å². The number of carbonyl (C=O) groups is 1. The summed E-state index contributed by atoms with van der Waals surface area (Å²) < 4.78 is 6.33. The summed E-state index contributed by atoms with van der Waals surface area (Å²) in [6, 6.07) is 4.63. The molecule has 1 aromatic carbocycles. The lowest BCUT2D eigenvalue weighted by Crippen LogP contribution is -2.21. The molecule has 0 spiro atoms. The van der Waals surface area contributed by atoms with E-state index in [1.165, 1.54) is 24.2 Å². The van der Waals surface area contributed by atoms with E-state index in [1.807, 2.05) is 0 Å². The van der Waals surface area contributed by atoms with Crippen LogP contribution in [0.1, 0.15) is 17.3 Å². The molecule has 0 fully saturated rings. The van der Waals surface area contributed by atoms with Crippen LogP contribution >= 0.6 is 11.6 Å². The number of nitrogens with one attached hydrogen (secondary N) is 1. The third kappa shape index (κ3) is 4.26. The number of halogens is 1. The van der Waals surface area contributed by atoms with E-state index in [0.717, 1.165) is 0 Å². The van der Waals surface area contributed by atoms with Gasteiger partial charge in [-0.1, -0.05) is 16.6 Å². The average molecular weight is 353 g/mol. The molecule has 2 rings (SSSR count). The first-order valence-corrected chi connectivity index (χ1v) is 6.99. The molecule has 1 N–H and O–H groups in total. The molecular formula is C13H13ClN6O4. The van der Waals surface area contributed by atoms with Crippen LogP contribution in [-0.4, -0.2) is 38.4 Å². The third-order valence-electron chi connectivity index (χ3n) is 2.83. The highest BCUT2D eigenvalue weighted by molar-refractivity contribution is 6.31. The van der Waals surface area contributed by atoms with Crippen molar-refractivity contribution in [3.63, 3.8) is 0 Å². The normalized spacial score (nSPS) is 11.2. The first-order chi connectivity index (χ1) is 11.4. The number of benzene rings is 1. The Kier molecular flexibility index (Phi) is 5.42. The molecule has 24 heavy (non-hydrogen) atoms. The minimum Gasteiger partial charge on any atom is -0.496 e. The molecule has 11 heteroatoms. The minimum absolute atomic E-state index is 0.133. The van der Waals surface area contributed by atoms with Crippen LogP contribution in [0.5, 0.6) is 5.75 Å². The molecule has 0 atom stereocenters. The van der Waals surface area contributed by atoms with E-state index in [4.69, 9.17) is 16.3 Å². The lowest BCUT2D eigenvalue weighted by molar-refractivity contribution is -0.394. The Morgan fingerprint density at radius 3 is 2.92 bits per heavy atom. The van der Waals surface area contributed by atoms with Crippen molar-refractivity contribution in [1.29, 1.82) is 0 Å². The maximum absolute atomic E-state index is 12.1. The summed E-state index contributed by atoms with van der Waals surface area (Å²) in [5, 5.41) is 18.5. The van der Waals surface area contributed by atoms with Gasteiger partial charge in [-0.15, -0.1) is 0 Å². The molecule has 1 aromatic heterocycles. The van der Waals surface area contributed by atoms with Gasteiger partial charge in [0, 0.05) is 10.1 Å². The molecule has 0 unspecified atom stereocenters. The first kappa shape index (κ1) is 17.3. The summed E-state index contributed by atoms with van der Waals surface area (Å²) in [6.45, 7) is 1.76. The van der Waals surface area contributed by atoms with Crippen molar-refractivity contribution < 1.29 is 14.5 Å². The SMILES string of the molecule is COc1ccc(Cl)cc1C(=O)N/N=C(/C)Cn1cnc([N+](=O)[O-])n1. The number of nitrogens with zero attached hydrogens (tertiary/aromatic N) is 5. The van der Waals surface area contributed by atoms with E-state index >= 15 is 0 Å². The second-order valence-corrected chi connectivity index (χ2v) is 5.07. The number of ether oxygens (including phenoxy) is 1. The van der Waals surface area contributed by atoms with E-state index in [-0.39, 0.29) is 12.1 Å². The molecule has 1 heterocycles. The van der Waals surface area contributed by atoms with Crippen molar-refractivity contribution in [2.24, 2.45) is 5.10 Å². The van der Waals surface area contributed by atoms with Gasteiger partial charge < -0.3 is 14.9 Å². The van der Waals surface area contributed by atoms with Crippen LogP contribution in [0, 0.1) is 10.1 Å². The van der Waals surface area contributed by atoms with Crippen molar-refractivity contribution in [1.82, 2.24) is 20.2 Å². The van der Waals surface area contributed by atoms with Crippen LogP contribution in [0.3, 0.4) is 0 Å². The number of hydrogen-bond acceptors (Lipinski definition) is 7. The average Bonchev–Trinajstić information content (AvgIpc) is 3.01. The van der Waals surface area contributed by atoms with E-state index < -0.39 is 16.8 Å². The van der Waals surface area contributed by atoms with Crippen LogP contribution in [0.15, 0.2) is 29.6 Å². The van der Waals surface area contributed by atoms with Gasteiger partial charge in [-0.25, -0.2) is 5.43 Å². The number of hydrogen-bond donors (Lipinski definition) is 1. The molecular weight excluding hydrogens is 340 g/mol. The van der Waals surface area contributed by atoms with E-state index in [0.29, 0.717) is 16.5 Å². The van der Waals surface area contributed by atoms with Gasteiger partial charge in [-0.2, -0.15) is 9.78 Å². The van der Waals surface area contributed by atoms with Gasteiger partial charge >= 0.3 is 5.95 Å². The minimum atomic E-state index is -0.698. The second-order valence-electron chi connectivity index (χ2n) is 4.63. The van der Waals surface area contributed by atoms with Gasteiger partial charge in [0.05, 0.1) is 24.9 Å². The predicted octanol–water partition coefficient (Wildman–Crippen LogP) is 1.65. The van der Waals surface area contributed by atoms with Crippen molar-refractivity contribution in [2.45, 2.75) is 13.5 Å². The molecule has 0 bridgehead atoms. The molecule has 126 valence electrons. The van der Waals surface area contributed by atoms with Gasteiger partial charge in [-0.3, -0.25) is 4.79 Å².